The molecule has 0 N–H and O–H groups in total. The highest BCUT2D eigenvalue weighted by Gasteiger charge is 2.25. The van der Waals surface area contributed by atoms with Crippen LogP contribution in [0.1, 0.15) is 36.5 Å². The molecule has 2 unspecified atom stereocenters. The topological polar surface area (TPSA) is 6.48 Å². The third kappa shape index (κ3) is 8.01. The molecule has 2 aliphatic carbocycles. The number of hydrogen-bond acceptors (Lipinski definition) is 2. The lowest BCUT2D eigenvalue weighted by Gasteiger charge is -2.33. The number of nitrogens with zero attached hydrogens (tertiary/aromatic N) is 2. The van der Waals surface area contributed by atoms with Gasteiger partial charge in [-0.3, -0.25) is 0 Å². The molecule has 0 aliphatic heterocycles. The first-order chi connectivity index (χ1) is 30.1. The van der Waals surface area contributed by atoms with E-state index in [4.69, 9.17) is 0 Å². The van der Waals surface area contributed by atoms with Crippen LogP contribution in [0.3, 0.4) is 0 Å². The van der Waals surface area contributed by atoms with Gasteiger partial charge < -0.3 is 9.80 Å². The smallest absolute Gasteiger partial charge is 0.0559 e. The lowest BCUT2D eigenvalue weighted by Crippen LogP contribution is -2.37. The van der Waals surface area contributed by atoms with Crippen LogP contribution in [0, 0.1) is 0 Å². The largest absolute Gasteiger partial charge is 0.334 e. The zero-order chi connectivity index (χ0) is 41.0. The molecule has 0 saturated heterocycles. The van der Waals surface area contributed by atoms with Crippen LogP contribution in [0.5, 0.6) is 0 Å². The van der Waals surface area contributed by atoms with Crippen LogP contribution in [0.2, 0.25) is 0 Å². The van der Waals surface area contributed by atoms with E-state index in [9.17, 15) is 0 Å². The number of rotatable bonds is 10. The van der Waals surface area contributed by atoms with E-state index in [1.807, 2.05) is 0 Å². The number of benzene rings is 8. The minimum atomic E-state index is -0.00716. The van der Waals surface area contributed by atoms with Crippen molar-refractivity contribution < 1.29 is 0 Å². The zero-order valence-electron chi connectivity index (χ0n) is 34.5. The first-order valence-corrected chi connectivity index (χ1v) is 21.4. The second kappa shape index (κ2) is 16.7. The third-order valence-corrected chi connectivity index (χ3v) is 12.3. The number of para-hydroxylation sites is 1. The minimum absolute atomic E-state index is 0.00716. The summed E-state index contributed by atoms with van der Waals surface area (Å²) in [5.41, 5.74) is 11.9. The first kappa shape index (κ1) is 37.8. The molecule has 8 aromatic rings. The molecule has 10 rings (SSSR count). The highest BCUT2D eigenvalue weighted by molar-refractivity contribution is 5.92. The number of anilines is 5. The van der Waals surface area contributed by atoms with Crippen molar-refractivity contribution in [3.8, 4) is 11.1 Å². The number of hydrogen-bond donors (Lipinski definition) is 0. The number of fused-ring (bicyclic) bond motifs is 2. The Morgan fingerprint density at radius 2 is 1.10 bits per heavy atom. The fourth-order valence-corrected chi connectivity index (χ4v) is 8.94. The summed E-state index contributed by atoms with van der Waals surface area (Å²) in [6.45, 7) is 2.35. The summed E-state index contributed by atoms with van der Waals surface area (Å²) in [6.07, 6.45) is 20.2. The fourth-order valence-electron chi connectivity index (χ4n) is 8.94. The van der Waals surface area contributed by atoms with Gasteiger partial charge in [-0.2, -0.15) is 0 Å². The summed E-state index contributed by atoms with van der Waals surface area (Å²) in [5.74, 6) is 0. The van der Waals surface area contributed by atoms with E-state index >= 15 is 0 Å². The average Bonchev–Trinajstić information content (AvgIpc) is 3.33. The maximum atomic E-state index is 2.49. The highest BCUT2D eigenvalue weighted by Crippen LogP contribution is 2.38. The molecule has 0 heterocycles. The summed E-state index contributed by atoms with van der Waals surface area (Å²) >= 11 is 0. The van der Waals surface area contributed by atoms with Crippen LogP contribution in [0.15, 0.2) is 218 Å². The monoisotopic (exact) mass is 784 g/mol. The van der Waals surface area contributed by atoms with Crippen molar-refractivity contribution in [3.05, 3.63) is 246 Å². The third-order valence-electron chi connectivity index (χ3n) is 12.3. The predicted molar refractivity (Wildman–Crippen MR) is 261 cm³/mol. The van der Waals surface area contributed by atoms with Crippen LogP contribution in [0.25, 0.3) is 46.2 Å². The van der Waals surface area contributed by atoms with Crippen LogP contribution in [-0.2, 0) is 5.41 Å². The van der Waals surface area contributed by atoms with Crippen molar-refractivity contribution in [1.82, 2.24) is 0 Å². The van der Waals surface area contributed by atoms with Gasteiger partial charge in [0.1, 0.15) is 0 Å². The van der Waals surface area contributed by atoms with Crippen molar-refractivity contribution in [2.24, 2.45) is 0 Å². The van der Waals surface area contributed by atoms with E-state index in [2.05, 4.69) is 259 Å². The van der Waals surface area contributed by atoms with Crippen LogP contribution in [0.4, 0.5) is 28.4 Å². The molecular weight excluding hydrogens is 737 g/mol. The second-order valence-corrected chi connectivity index (χ2v) is 16.4. The average molecular weight is 785 g/mol. The Balaban J connectivity index is 0.892. The maximum absolute atomic E-state index is 2.49. The van der Waals surface area contributed by atoms with Gasteiger partial charge in [0.05, 0.1) is 6.04 Å². The zero-order valence-corrected chi connectivity index (χ0v) is 34.5. The molecule has 2 aliphatic rings. The Hall–Kier alpha value is -7.42. The van der Waals surface area contributed by atoms with Gasteiger partial charge in [-0.25, -0.2) is 0 Å². The molecule has 0 aromatic heterocycles. The Morgan fingerprint density at radius 3 is 1.80 bits per heavy atom. The van der Waals surface area contributed by atoms with Gasteiger partial charge >= 0.3 is 0 Å². The Morgan fingerprint density at radius 1 is 0.492 bits per heavy atom. The fraction of sp³-hybridized carbons (Fsp3) is 0.0847. The summed E-state index contributed by atoms with van der Waals surface area (Å²) in [5, 5.41) is 5.04. The first-order valence-electron chi connectivity index (χ1n) is 21.4. The van der Waals surface area contributed by atoms with E-state index in [1.54, 1.807) is 0 Å². The molecule has 0 spiro atoms. The molecule has 61 heavy (non-hydrogen) atoms. The van der Waals surface area contributed by atoms with Gasteiger partial charge in [0.15, 0.2) is 0 Å². The molecular formula is C59H48N2. The molecule has 0 radical (unpaired) electrons. The Bertz CT molecular complexity index is 3020. The lowest BCUT2D eigenvalue weighted by molar-refractivity contribution is 0.653. The van der Waals surface area contributed by atoms with Crippen LogP contribution < -0.4 is 20.2 Å². The Kier molecular flexibility index (Phi) is 10.3. The SMILES string of the molecule is CC1(c2ccccc2)C=c2ccc(N(c3ccc(/C=C/c4ccc(N(c5ccccc5)c5ccc6cc(-c7ccccc7)ccc6c5)cc4)cc3)C3C=CC=CC3)cc2=CC1. The van der Waals surface area contributed by atoms with Crippen molar-refractivity contribution in [2.75, 3.05) is 9.80 Å². The van der Waals surface area contributed by atoms with E-state index in [-0.39, 0.29) is 11.5 Å². The molecule has 2 nitrogen and oxygen atoms in total. The standard InChI is InChI=1S/C59H48N2/c1-59(52-16-8-3-9-17-52)39-38-50-42-58(37-31-51(50)43-59)61(54-20-12-5-13-21-54)56-34-26-45(27-35-56)23-22-44-24-32-55(33-25-44)60(53-18-10-4-11-19-53)57-36-30-48-40-47(28-29-49(48)41-57)46-14-6-2-7-15-46/h2-20,22-38,40-43,54H,21,39H2,1H3/b23-22+. The van der Waals surface area contributed by atoms with Gasteiger partial charge in [0.2, 0.25) is 0 Å². The van der Waals surface area contributed by atoms with Crippen molar-refractivity contribution in [3.63, 3.8) is 0 Å². The van der Waals surface area contributed by atoms with E-state index in [0.717, 1.165) is 41.0 Å². The van der Waals surface area contributed by atoms with E-state index in [0.29, 0.717) is 0 Å². The quantitative estimate of drug-likeness (QED) is 0.127. The van der Waals surface area contributed by atoms with Crippen molar-refractivity contribution >= 4 is 63.5 Å². The summed E-state index contributed by atoms with van der Waals surface area (Å²) < 4.78 is 0. The normalized spacial score (nSPS) is 16.8. The van der Waals surface area contributed by atoms with Crippen LogP contribution in [-0.4, -0.2) is 6.04 Å². The van der Waals surface area contributed by atoms with Crippen molar-refractivity contribution in [2.45, 2.75) is 31.2 Å². The van der Waals surface area contributed by atoms with Crippen LogP contribution >= 0.6 is 0 Å². The number of allylic oxidation sites excluding steroid dienone is 2. The molecule has 0 saturated carbocycles. The molecule has 294 valence electrons. The predicted octanol–water partition coefficient (Wildman–Crippen LogP) is 14.1. The Labute approximate surface area is 359 Å². The molecule has 2 atom stereocenters. The van der Waals surface area contributed by atoms with Gasteiger partial charge in [-0.15, -0.1) is 0 Å². The van der Waals surface area contributed by atoms with Gasteiger partial charge in [0, 0.05) is 33.9 Å². The van der Waals surface area contributed by atoms with E-state index in [1.165, 1.54) is 49.3 Å². The second-order valence-electron chi connectivity index (χ2n) is 16.4. The molecule has 0 fully saturated rings. The van der Waals surface area contributed by atoms with Crippen molar-refractivity contribution in [1.29, 1.82) is 0 Å². The summed E-state index contributed by atoms with van der Waals surface area (Å²) in [7, 11) is 0. The summed E-state index contributed by atoms with van der Waals surface area (Å²) in [4.78, 5) is 4.82. The molecule has 0 bridgehead atoms. The highest BCUT2D eigenvalue weighted by atomic mass is 15.2. The van der Waals surface area contributed by atoms with E-state index < -0.39 is 0 Å². The maximum Gasteiger partial charge on any atom is 0.0559 e. The van der Waals surface area contributed by atoms with Gasteiger partial charge in [0.25, 0.3) is 0 Å². The summed E-state index contributed by atoms with van der Waals surface area (Å²) in [6, 6.07) is 70.7. The molecule has 2 heteroatoms. The molecule has 8 aromatic carbocycles. The molecule has 0 amide bonds. The van der Waals surface area contributed by atoms with Gasteiger partial charge in [-0.1, -0.05) is 183 Å². The van der Waals surface area contributed by atoms with Gasteiger partial charge in [-0.05, 0) is 129 Å². The lowest BCUT2D eigenvalue weighted by atomic mass is 9.76. The minimum Gasteiger partial charge on any atom is -0.334 e.